The Bertz CT molecular complexity index is 985. The number of aromatic nitrogens is 1. The Kier molecular flexibility index (Phi) is 5.47. The third-order valence-corrected chi connectivity index (χ3v) is 4.18. The zero-order valence-electron chi connectivity index (χ0n) is 14.3. The van der Waals surface area contributed by atoms with Gasteiger partial charge in [-0.1, -0.05) is 21.9 Å². The first-order chi connectivity index (χ1) is 12.9. The fraction of sp³-hybridized carbons (Fsp3) is 0.100. The van der Waals surface area contributed by atoms with Crippen molar-refractivity contribution >= 4 is 26.0 Å². The molecule has 0 aliphatic rings. The zero-order valence-corrected chi connectivity index (χ0v) is 15.4. The number of ether oxygens (including phenoxy) is 1. The smallest absolute Gasteiger partial charge is 0.283 e. The van der Waals surface area contributed by atoms with Crippen LogP contribution in [0.4, 0.5) is 8.78 Å². The predicted molar refractivity (Wildman–Crippen MR) is 104 cm³/mol. The molecule has 2 aromatic carbocycles. The summed E-state index contributed by atoms with van der Waals surface area (Å²) in [5, 5.41) is 3.55. The molecule has 138 valence electrons. The van der Waals surface area contributed by atoms with Gasteiger partial charge in [0.25, 0.3) is 5.66 Å². The second kappa shape index (κ2) is 7.80. The van der Waals surface area contributed by atoms with E-state index in [2.05, 4.69) is 16.9 Å². The number of nitrogens with zero attached hydrogens (tertiary/aromatic N) is 1. The quantitative estimate of drug-likeness (QED) is 0.491. The number of nitrogens with one attached hydrogen (secondary N) is 1. The molecule has 0 bridgehead atoms. The largest absolute Gasteiger partial charge is 0.455 e. The van der Waals surface area contributed by atoms with Crippen LogP contribution in [-0.2, 0) is 17.0 Å². The Morgan fingerprint density at radius 3 is 2.67 bits per heavy atom. The lowest BCUT2D eigenvalue weighted by Crippen LogP contribution is -2.19. The van der Waals surface area contributed by atoms with Gasteiger partial charge < -0.3 is 10.1 Å². The van der Waals surface area contributed by atoms with Crippen molar-refractivity contribution in [2.75, 3.05) is 0 Å². The lowest BCUT2D eigenvalue weighted by Gasteiger charge is -2.13. The molecule has 0 radical (unpaired) electrons. The van der Waals surface area contributed by atoms with Crippen LogP contribution in [0.25, 0.3) is 10.9 Å². The van der Waals surface area contributed by atoms with E-state index in [1.807, 2.05) is 12.1 Å². The molecule has 1 atom stereocenters. The average Bonchev–Trinajstić information content (AvgIpc) is 2.66. The summed E-state index contributed by atoms with van der Waals surface area (Å²) in [6, 6.07) is 12.9. The molecule has 3 aromatic rings. The Balaban J connectivity index is 1.92. The molecule has 1 heterocycles. The highest BCUT2D eigenvalue weighted by molar-refractivity contribution is 7.17. The summed E-state index contributed by atoms with van der Waals surface area (Å²) in [6.45, 7) is 3.71. The van der Waals surface area contributed by atoms with Crippen LogP contribution in [0.5, 0.6) is 11.5 Å². The molecule has 3 rings (SSSR count). The number of carbonyl (C=O) groups excluding carboxylic acids is 1. The predicted octanol–water partition coefficient (Wildman–Crippen LogP) is 4.75. The van der Waals surface area contributed by atoms with Crippen LogP contribution in [-0.4, -0.2) is 10.9 Å². The number of amides is 1. The van der Waals surface area contributed by atoms with Crippen LogP contribution in [0.3, 0.4) is 0 Å². The molecule has 0 aliphatic heterocycles. The van der Waals surface area contributed by atoms with Crippen molar-refractivity contribution in [3.8, 4) is 11.5 Å². The van der Waals surface area contributed by atoms with E-state index in [4.69, 9.17) is 4.74 Å². The van der Waals surface area contributed by atoms with Crippen molar-refractivity contribution in [2.45, 2.75) is 12.2 Å². The number of rotatable bonds is 6. The van der Waals surface area contributed by atoms with E-state index < -0.39 is 5.66 Å². The number of benzene rings is 2. The van der Waals surface area contributed by atoms with Gasteiger partial charge in [-0.15, -0.1) is 0 Å². The summed E-state index contributed by atoms with van der Waals surface area (Å²) in [5.74, 6) is 0.603. The molecule has 0 saturated heterocycles. The maximum Gasteiger partial charge on any atom is 0.283 e. The van der Waals surface area contributed by atoms with Crippen molar-refractivity contribution in [3.63, 3.8) is 0 Å². The average molecular weight is 386 g/mol. The first-order valence-corrected chi connectivity index (χ1v) is 8.67. The van der Waals surface area contributed by atoms with Crippen LogP contribution < -0.4 is 10.1 Å². The number of carbonyl (C=O) groups is 1. The summed E-state index contributed by atoms with van der Waals surface area (Å²) < 4.78 is 32.5. The van der Waals surface area contributed by atoms with Crippen molar-refractivity contribution in [1.29, 1.82) is 0 Å². The highest BCUT2D eigenvalue weighted by Gasteiger charge is 2.24. The third kappa shape index (κ3) is 4.66. The van der Waals surface area contributed by atoms with Crippen molar-refractivity contribution in [2.24, 2.45) is 0 Å². The van der Waals surface area contributed by atoms with Crippen LogP contribution in [0.1, 0.15) is 11.1 Å². The molecule has 0 spiro atoms. The summed E-state index contributed by atoms with van der Waals surface area (Å²) in [5.41, 5.74) is -1.66. The third-order valence-electron chi connectivity index (χ3n) is 3.85. The Morgan fingerprint density at radius 1 is 1.26 bits per heavy atom. The highest BCUT2D eigenvalue weighted by Crippen LogP contribution is 2.36. The second-order valence-electron chi connectivity index (χ2n) is 5.84. The van der Waals surface area contributed by atoms with E-state index in [9.17, 15) is 13.6 Å². The SMILES string of the molecule is C=CC(=O)NCc1cc(Oc2ccc(C(F)(F)P)cc2)c2ncccc2c1. The summed E-state index contributed by atoms with van der Waals surface area (Å²) >= 11 is 0. The van der Waals surface area contributed by atoms with Gasteiger partial charge in [-0.2, -0.15) is 8.78 Å². The first kappa shape index (κ1) is 18.9. The van der Waals surface area contributed by atoms with Crippen LogP contribution in [0.2, 0.25) is 0 Å². The molecule has 1 unspecified atom stereocenters. The van der Waals surface area contributed by atoms with Gasteiger partial charge in [0.2, 0.25) is 5.91 Å². The molecule has 0 aliphatic carbocycles. The zero-order chi connectivity index (χ0) is 19.4. The van der Waals surface area contributed by atoms with Crippen LogP contribution in [0.15, 0.2) is 67.4 Å². The van der Waals surface area contributed by atoms with Crippen LogP contribution >= 0.6 is 9.24 Å². The molecule has 1 aromatic heterocycles. The normalized spacial score (nSPS) is 11.2. The van der Waals surface area contributed by atoms with E-state index in [0.717, 1.165) is 10.9 Å². The molecule has 1 amide bonds. The Hall–Kier alpha value is -2.85. The van der Waals surface area contributed by atoms with Gasteiger partial charge in [-0.25, -0.2) is 0 Å². The van der Waals surface area contributed by atoms with E-state index in [1.165, 1.54) is 39.6 Å². The van der Waals surface area contributed by atoms with E-state index in [-0.39, 0.29) is 11.5 Å². The lowest BCUT2D eigenvalue weighted by molar-refractivity contribution is -0.116. The van der Waals surface area contributed by atoms with Gasteiger partial charge >= 0.3 is 0 Å². The monoisotopic (exact) mass is 386 g/mol. The van der Waals surface area contributed by atoms with E-state index in [1.54, 1.807) is 18.3 Å². The lowest BCUT2D eigenvalue weighted by atomic mass is 10.1. The molecule has 4 nitrogen and oxygen atoms in total. The molecule has 7 heteroatoms. The Morgan fingerprint density at radius 2 is 2.00 bits per heavy atom. The fourth-order valence-electron chi connectivity index (χ4n) is 2.53. The molecular weight excluding hydrogens is 369 g/mol. The van der Waals surface area contributed by atoms with Crippen LogP contribution in [0, 0.1) is 0 Å². The molecule has 1 N–H and O–H groups in total. The maximum atomic E-state index is 13.3. The number of pyridine rings is 1. The first-order valence-electron chi connectivity index (χ1n) is 8.10. The highest BCUT2D eigenvalue weighted by atomic mass is 31.0. The van der Waals surface area contributed by atoms with E-state index >= 15 is 0 Å². The van der Waals surface area contributed by atoms with Crippen molar-refractivity contribution < 1.29 is 18.3 Å². The van der Waals surface area contributed by atoms with Gasteiger partial charge in [0.1, 0.15) is 11.3 Å². The Labute approximate surface area is 157 Å². The summed E-state index contributed by atoms with van der Waals surface area (Å²) in [6.07, 6.45) is 2.84. The topological polar surface area (TPSA) is 51.2 Å². The van der Waals surface area contributed by atoms with Crippen molar-refractivity contribution in [3.05, 3.63) is 78.5 Å². The number of hydrogen-bond donors (Lipinski definition) is 1. The molecule has 0 saturated carbocycles. The molecule has 27 heavy (non-hydrogen) atoms. The van der Waals surface area contributed by atoms with E-state index in [0.29, 0.717) is 23.6 Å². The minimum absolute atomic E-state index is 0.122. The van der Waals surface area contributed by atoms with Crippen molar-refractivity contribution in [1.82, 2.24) is 10.3 Å². The van der Waals surface area contributed by atoms with Gasteiger partial charge in [0.05, 0.1) is 0 Å². The minimum Gasteiger partial charge on any atom is -0.455 e. The minimum atomic E-state index is -2.99. The number of alkyl halides is 2. The number of fused-ring (bicyclic) bond motifs is 1. The fourth-order valence-corrected chi connectivity index (χ4v) is 2.72. The molecular formula is C20H17F2N2O2P. The van der Waals surface area contributed by atoms with Gasteiger partial charge in [-0.3, -0.25) is 9.78 Å². The summed E-state index contributed by atoms with van der Waals surface area (Å²) in [7, 11) is 1.51. The number of halogens is 2. The second-order valence-corrected chi connectivity index (χ2v) is 6.57. The van der Waals surface area contributed by atoms with Gasteiger partial charge in [0, 0.05) is 23.7 Å². The summed E-state index contributed by atoms with van der Waals surface area (Å²) in [4.78, 5) is 15.7. The standard InChI is InChI=1S/C20H17F2N2O2P/c1-2-18(25)24-12-13-10-14-4-3-9-23-19(14)17(11-13)26-16-7-5-15(6-8-16)20(21,22)27/h2-11H,1,12,27H2,(H,24,25). The molecule has 0 fully saturated rings. The maximum absolute atomic E-state index is 13.3. The van der Waals surface area contributed by atoms with Gasteiger partial charge in [0.15, 0.2) is 5.75 Å². The number of hydrogen-bond acceptors (Lipinski definition) is 3. The van der Waals surface area contributed by atoms with Gasteiger partial charge in [-0.05, 0) is 54.1 Å².